The highest BCUT2D eigenvalue weighted by atomic mass is 16.6. The van der Waals surface area contributed by atoms with Crippen LogP contribution < -0.4 is 0 Å². The van der Waals surface area contributed by atoms with E-state index in [0.29, 0.717) is 35.7 Å². The molecule has 1 amide bonds. The minimum absolute atomic E-state index is 0.100. The first-order chi connectivity index (χ1) is 14.4. The van der Waals surface area contributed by atoms with Crippen LogP contribution in [0, 0.1) is 20.8 Å². The van der Waals surface area contributed by atoms with Gasteiger partial charge in [0.05, 0.1) is 28.9 Å². The molecule has 1 aromatic carbocycles. The highest BCUT2D eigenvalue weighted by Crippen LogP contribution is 2.28. The Morgan fingerprint density at radius 1 is 1.10 bits per heavy atom. The second-order valence-corrected chi connectivity index (χ2v) is 7.44. The number of carbonyl (C=O) groups excluding carboxylic acids is 1. The highest BCUT2D eigenvalue weighted by Gasteiger charge is 2.24. The molecule has 0 radical (unpaired) electrons. The first kappa shape index (κ1) is 19.8. The van der Waals surface area contributed by atoms with E-state index in [4.69, 9.17) is 9.61 Å². The Labute approximate surface area is 174 Å². The number of aromatic nitrogens is 5. The lowest BCUT2D eigenvalue weighted by Gasteiger charge is -2.20. The maximum atomic E-state index is 13.6. The maximum absolute atomic E-state index is 13.6. The quantitative estimate of drug-likeness (QED) is 0.505. The Bertz CT molecular complexity index is 1220. The van der Waals surface area contributed by atoms with Gasteiger partial charge in [0, 0.05) is 19.2 Å². The lowest BCUT2D eigenvalue weighted by atomic mass is 10.0. The van der Waals surface area contributed by atoms with E-state index in [-0.39, 0.29) is 5.91 Å². The largest absolute Gasteiger partial charge is 0.333 e. The molecule has 3 aromatic heterocycles. The van der Waals surface area contributed by atoms with Gasteiger partial charge in [-0.1, -0.05) is 40.1 Å². The first-order valence-corrected chi connectivity index (χ1v) is 9.87. The van der Waals surface area contributed by atoms with Gasteiger partial charge in [0.15, 0.2) is 5.65 Å². The number of carbonyl (C=O) groups is 1. The van der Waals surface area contributed by atoms with Crippen LogP contribution in [0.15, 0.2) is 35.0 Å². The van der Waals surface area contributed by atoms with E-state index >= 15 is 0 Å². The fourth-order valence-electron chi connectivity index (χ4n) is 3.56. The van der Waals surface area contributed by atoms with Crippen LogP contribution >= 0.6 is 0 Å². The fourth-order valence-corrected chi connectivity index (χ4v) is 3.56. The molecule has 0 N–H and O–H groups in total. The summed E-state index contributed by atoms with van der Waals surface area (Å²) in [7, 11) is 1.84. The van der Waals surface area contributed by atoms with E-state index < -0.39 is 0 Å². The molecule has 0 fully saturated rings. The molecular weight excluding hydrogens is 380 g/mol. The number of amides is 1. The molecule has 0 aliphatic rings. The average Bonchev–Trinajstić information content (AvgIpc) is 3.27. The Morgan fingerprint density at radius 2 is 1.83 bits per heavy atom. The van der Waals surface area contributed by atoms with Crippen LogP contribution in [0.25, 0.3) is 22.3 Å². The van der Waals surface area contributed by atoms with Crippen molar-refractivity contribution < 1.29 is 9.42 Å². The monoisotopic (exact) mass is 404 g/mol. The van der Waals surface area contributed by atoms with Crippen molar-refractivity contribution in [2.75, 3.05) is 6.54 Å². The van der Waals surface area contributed by atoms with Crippen LogP contribution in [-0.4, -0.2) is 42.4 Å². The molecule has 0 aliphatic carbocycles. The summed E-state index contributed by atoms with van der Waals surface area (Å²) in [6.07, 6.45) is 0. The zero-order chi connectivity index (χ0) is 21.4. The second kappa shape index (κ2) is 7.70. The van der Waals surface area contributed by atoms with Crippen molar-refractivity contribution in [3.05, 3.63) is 58.5 Å². The Balaban J connectivity index is 1.84. The molecule has 0 saturated heterocycles. The van der Waals surface area contributed by atoms with Crippen LogP contribution in [0.5, 0.6) is 0 Å². The lowest BCUT2D eigenvalue weighted by molar-refractivity contribution is 0.0750. The number of rotatable bonds is 5. The second-order valence-electron chi connectivity index (χ2n) is 7.44. The molecule has 0 atom stereocenters. The Hall–Kier alpha value is -3.55. The van der Waals surface area contributed by atoms with Gasteiger partial charge in [0.1, 0.15) is 11.4 Å². The summed E-state index contributed by atoms with van der Waals surface area (Å²) in [5.74, 6) is -0.100. The molecule has 0 unspecified atom stereocenters. The highest BCUT2D eigenvalue weighted by molar-refractivity contribution is 6.07. The number of hydrogen-bond donors (Lipinski definition) is 0. The van der Waals surface area contributed by atoms with Gasteiger partial charge in [-0.25, -0.2) is 9.61 Å². The number of pyridine rings is 1. The molecule has 4 rings (SSSR count). The van der Waals surface area contributed by atoms with Crippen LogP contribution in [0.2, 0.25) is 0 Å². The van der Waals surface area contributed by atoms with Gasteiger partial charge in [0.2, 0.25) is 0 Å². The van der Waals surface area contributed by atoms with Crippen molar-refractivity contribution >= 4 is 16.9 Å². The third-order valence-electron chi connectivity index (χ3n) is 5.30. The standard InChI is InChI=1S/C22H24N6O2/c1-6-28(12-19-14(3)25-30-26-19)22(29)17-11-18(16-9-7-13(2)8-10-16)23-21-20(17)15(4)24-27(21)5/h7-11H,6,12H2,1-5H3. The molecule has 3 heterocycles. The molecule has 0 aliphatic heterocycles. The number of benzene rings is 1. The number of hydrogen-bond acceptors (Lipinski definition) is 6. The lowest BCUT2D eigenvalue weighted by Crippen LogP contribution is -2.31. The van der Waals surface area contributed by atoms with E-state index in [1.54, 1.807) is 9.58 Å². The Kier molecular flexibility index (Phi) is 5.07. The molecule has 154 valence electrons. The minimum Gasteiger partial charge on any atom is -0.333 e. The zero-order valence-electron chi connectivity index (χ0n) is 17.8. The molecule has 30 heavy (non-hydrogen) atoms. The smallest absolute Gasteiger partial charge is 0.255 e. The van der Waals surface area contributed by atoms with E-state index in [1.165, 1.54) is 5.56 Å². The maximum Gasteiger partial charge on any atom is 0.255 e. The van der Waals surface area contributed by atoms with Crippen molar-refractivity contribution in [2.45, 2.75) is 34.2 Å². The normalized spacial score (nSPS) is 11.2. The molecule has 4 aromatic rings. The summed E-state index contributed by atoms with van der Waals surface area (Å²) in [5.41, 5.74) is 6.23. The summed E-state index contributed by atoms with van der Waals surface area (Å²) in [5, 5.41) is 13.0. The molecule has 0 bridgehead atoms. The van der Waals surface area contributed by atoms with Crippen LogP contribution in [0.3, 0.4) is 0 Å². The third-order valence-corrected chi connectivity index (χ3v) is 5.30. The predicted molar refractivity (Wildman–Crippen MR) is 113 cm³/mol. The SMILES string of the molecule is CCN(Cc1nonc1C)C(=O)c1cc(-c2ccc(C)cc2)nc2c1c(C)nn2C. The van der Waals surface area contributed by atoms with Crippen molar-refractivity contribution in [1.82, 2.24) is 30.0 Å². The van der Waals surface area contributed by atoms with Gasteiger partial charge in [-0.3, -0.25) is 9.48 Å². The summed E-state index contributed by atoms with van der Waals surface area (Å²) in [6, 6.07) is 9.97. The number of aryl methyl sites for hydroxylation is 4. The molecule has 8 heteroatoms. The van der Waals surface area contributed by atoms with Gasteiger partial charge >= 0.3 is 0 Å². The van der Waals surface area contributed by atoms with E-state index in [1.807, 2.05) is 65.1 Å². The summed E-state index contributed by atoms with van der Waals surface area (Å²) >= 11 is 0. The first-order valence-electron chi connectivity index (χ1n) is 9.87. The molecule has 0 spiro atoms. The third kappa shape index (κ3) is 3.45. The van der Waals surface area contributed by atoms with Crippen LogP contribution in [0.4, 0.5) is 0 Å². The fraction of sp³-hybridized carbons (Fsp3) is 0.318. The van der Waals surface area contributed by atoms with Crippen LogP contribution in [-0.2, 0) is 13.6 Å². The van der Waals surface area contributed by atoms with Crippen molar-refractivity contribution in [3.8, 4) is 11.3 Å². The van der Waals surface area contributed by atoms with E-state index in [2.05, 4.69) is 15.4 Å². The molecular formula is C22H24N6O2. The molecule has 0 saturated carbocycles. The topological polar surface area (TPSA) is 89.9 Å². The van der Waals surface area contributed by atoms with Crippen molar-refractivity contribution in [3.63, 3.8) is 0 Å². The van der Waals surface area contributed by atoms with Gasteiger partial charge in [0.25, 0.3) is 5.91 Å². The van der Waals surface area contributed by atoms with Gasteiger partial charge in [-0.15, -0.1) is 0 Å². The predicted octanol–water partition coefficient (Wildman–Crippen LogP) is 3.61. The summed E-state index contributed by atoms with van der Waals surface area (Å²) < 4.78 is 6.52. The minimum atomic E-state index is -0.100. The zero-order valence-corrected chi connectivity index (χ0v) is 17.8. The Morgan fingerprint density at radius 3 is 2.47 bits per heavy atom. The number of fused-ring (bicyclic) bond motifs is 1. The number of nitrogens with zero attached hydrogens (tertiary/aromatic N) is 6. The van der Waals surface area contributed by atoms with E-state index in [0.717, 1.165) is 22.3 Å². The summed E-state index contributed by atoms with van der Waals surface area (Å²) in [6.45, 7) is 8.54. The van der Waals surface area contributed by atoms with Crippen molar-refractivity contribution in [2.24, 2.45) is 7.05 Å². The van der Waals surface area contributed by atoms with Crippen molar-refractivity contribution in [1.29, 1.82) is 0 Å². The van der Waals surface area contributed by atoms with Crippen LogP contribution in [0.1, 0.15) is 39.9 Å². The average molecular weight is 404 g/mol. The van der Waals surface area contributed by atoms with Gasteiger partial charge < -0.3 is 4.90 Å². The van der Waals surface area contributed by atoms with Gasteiger partial charge in [-0.05, 0) is 33.8 Å². The van der Waals surface area contributed by atoms with E-state index in [9.17, 15) is 4.79 Å². The summed E-state index contributed by atoms with van der Waals surface area (Å²) in [4.78, 5) is 20.1. The molecule has 8 nitrogen and oxygen atoms in total. The van der Waals surface area contributed by atoms with Gasteiger partial charge in [-0.2, -0.15) is 5.10 Å².